The molecule has 0 aliphatic carbocycles. The van der Waals surface area contributed by atoms with Crippen molar-refractivity contribution >= 4 is 50.2 Å². The van der Waals surface area contributed by atoms with Crippen molar-refractivity contribution < 1.29 is 41.4 Å². The second kappa shape index (κ2) is 11.1. The van der Waals surface area contributed by atoms with E-state index in [9.17, 15) is 32.3 Å². The van der Waals surface area contributed by atoms with Crippen molar-refractivity contribution in [1.29, 1.82) is 0 Å². The number of aromatic nitrogens is 2. The van der Waals surface area contributed by atoms with Crippen LogP contribution in [0.25, 0.3) is 22.0 Å². The predicted molar refractivity (Wildman–Crippen MR) is 160 cm³/mol. The van der Waals surface area contributed by atoms with E-state index >= 15 is 4.39 Å². The number of carbonyl (C=O) groups is 2. The highest BCUT2D eigenvalue weighted by molar-refractivity contribution is 9.10. The summed E-state index contributed by atoms with van der Waals surface area (Å²) >= 11 is 9.77. The molecule has 2 heterocycles. The van der Waals surface area contributed by atoms with Crippen LogP contribution >= 0.6 is 27.5 Å². The van der Waals surface area contributed by atoms with E-state index in [1.165, 1.54) is 13.2 Å². The number of nitrogens with two attached hydrogens (primary N) is 1. The molecule has 0 fully saturated rings. The number of amides is 2. The van der Waals surface area contributed by atoms with Crippen LogP contribution in [-0.4, -0.2) is 39.1 Å². The highest BCUT2D eigenvalue weighted by Gasteiger charge is 2.54. The molecule has 1 aliphatic rings. The van der Waals surface area contributed by atoms with E-state index in [4.69, 9.17) is 22.1 Å². The van der Waals surface area contributed by atoms with Crippen LogP contribution in [0.4, 0.5) is 22.0 Å². The first-order valence-electron chi connectivity index (χ1n) is 13.2. The van der Waals surface area contributed by atoms with Crippen LogP contribution in [0.3, 0.4) is 0 Å². The van der Waals surface area contributed by atoms with E-state index in [0.717, 1.165) is 23.1 Å². The Hall–Kier alpha value is -4.53. The number of hydrogen-bond acceptors (Lipinski definition) is 5. The number of hydrogen-bond donors (Lipinski definition) is 3. The molecule has 2 amide bonds. The summed E-state index contributed by atoms with van der Waals surface area (Å²) in [4.78, 5) is 27.9. The summed E-state index contributed by atoms with van der Waals surface area (Å²) in [6.45, 7) is -0.328. The van der Waals surface area contributed by atoms with Crippen LogP contribution in [-0.2, 0) is 18.4 Å². The highest BCUT2D eigenvalue weighted by atomic mass is 79.9. The first-order valence-corrected chi connectivity index (χ1v) is 14.4. The van der Waals surface area contributed by atoms with Crippen LogP contribution in [0.15, 0.2) is 65.3 Å². The van der Waals surface area contributed by atoms with Gasteiger partial charge in [0.1, 0.15) is 27.5 Å². The summed E-state index contributed by atoms with van der Waals surface area (Å²) in [5, 5.41) is 19.5. The van der Waals surface area contributed by atoms with Crippen LogP contribution in [0.5, 0.6) is 5.75 Å². The molecule has 4 aromatic carbocycles. The molecule has 0 saturated heterocycles. The summed E-state index contributed by atoms with van der Waals surface area (Å²) in [5.41, 5.74) is -1.34. The average Bonchev–Trinajstić information content (AvgIpc) is 3.48. The molecular weight excluding hydrogens is 703 g/mol. The topological polar surface area (TPSA) is 122 Å². The first kappa shape index (κ1) is 31.5. The number of carbonyl (C=O) groups excluding carboxylic acids is 2. The van der Waals surface area contributed by atoms with Crippen molar-refractivity contribution in [2.75, 3.05) is 7.11 Å². The summed E-state index contributed by atoms with van der Waals surface area (Å²) in [6.07, 6.45) is -5.05. The zero-order valence-corrected chi connectivity index (χ0v) is 25.6. The number of fused-ring (bicyclic) bond motifs is 3. The fraction of sp³-hybridized carbons (Fsp3) is 0.129. The van der Waals surface area contributed by atoms with Gasteiger partial charge >= 0.3 is 6.18 Å². The Balaban J connectivity index is 1.75. The van der Waals surface area contributed by atoms with Crippen molar-refractivity contribution in [1.82, 2.24) is 15.1 Å². The van der Waals surface area contributed by atoms with Crippen LogP contribution in [0.2, 0.25) is 5.02 Å². The summed E-state index contributed by atoms with van der Waals surface area (Å²) < 4.78 is 77.2. The lowest BCUT2D eigenvalue weighted by Crippen LogP contribution is -2.44. The third kappa shape index (κ3) is 4.87. The second-order valence-corrected chi connectivity index (χ2v) is 11.6. The average molecular weight is 722 g/mol. The van der Waals surface area contributed by atoms with Crippen molar-refractivity contribution in [3.63, 3.8) is 0 Å². The minimum Gasteiger partial charge on any atom is -0.497 e. The Morgan fingerprint density at radius 2 is 1.80 bits per heavy atom. The van der Waals surface area contributed by atoms with E-state index in [2.05, 4.69) is 26.1 Å². The number of rotatable bonds is 6. The zero-order valence-electron chi connectivity index (χ0n) is 23.3. The molecule has 1 atom stereocenters. The molecule has 0 spiro atoms. The van der Waals surface area contributed by atoms with Gasteiger partial charge in [0.25, 0.3) is 5.91 Å². The van der Waals surface area contributed by atoms with Crippen LogP contribution in [0, 0.1) is 11.6 Å². The van der Waals surface area contributed by atoms with E-state index in [1.807, 2.05) is 0 Å². The van der Waals surface area contributed by atoms with Crippen molar-refractivity contribution in [2.45, 2.75) is 18.4 Å². The maximum Gasteiger partial charge on any atom is 0.416 e. The van der Waals surface area contributed by atoms with Gasteiger partial charge in [-0.1, -0.05) is 23.7 Å². The van der Waals surface area contributed by atoms with Gasteiger partial charge in [-0.2, -0.15) is 18.3 Å². The van der Waals surface area contributed by atoms with Gasteiger partial charge in [0, 0.05) is 33.6 Å². The van der Waals surface area contributed by atoms with Gasteiger partial charge in [-0.05, 0) is 75.6 Å². The van der Waals surface area contributed by atoms with E-state index in [1.54, 1.807) is 24.3 Å². The number of methoxy groups -OCH3 is 1. The van der Waals surface area contributed by atoms with Gasteiger partial charge in [-0.3, -0.25) is 19.6 Å². The monoisotopic (exact) mass is 720 g/mol. The normalized spacial score (nSPS) is 16.3. The van der Waals surface area contributed by atoms with Gasteiger partial charge < -0.3 is 15.6 Å². The highest BCUT2D eigenvalue weighted by Crippen LogP contribution is 2.53. The maximum absolute atomic E-state index is 16.0. The number of aromatic amines is 1. The van der Waals surface area contributed by atoms with Crippen LogP contribution < -0.4 is 10.5 Å². The number of nitrogens with zero attached hydrogens (tertiary/aromatic N) is 2. The molecule has 15 heteroatoms. The van der Waals surface area contributed by atoms with Crippen molar-refractivity contribution in [3.8, 4) is 16.9 Å². The molecule has 0 radical (unpaired) electrons. The van der Waals surface area contributed by atoms with Crippen molar-refractivity contribution in [2.24, 2.45) is 5.73 Å². The largest absolute Gasteiger partial charge is 0.497 e. The molecule has 8 nitrogen and oxygen atoms in total. The lowest BCUT2D eigenvalue weighted by Gasteiger charge is -2.36. The zero-order chi connectivity index (χ0) is 33.3. The number of alkyl halides is 3. The van der Waals surface area contributed by atoms with E-state index in [-0.39, 0.29) is 44.3 Å². The summed E-state index contributed by atoms with van der Waals surface area (Å²) in [6, 6.07) is 11.2. The number of nitrogens with one attached hydrogen (secondary N) is 1. The molecule has 0 saturated carbocycles. The van der Waals surface area contributed by atoms with E-state index in [0.29, 0.717) is 17.4 Å². The SMILES string of the molecule is COc1ccc(CN2C(=O)c3c(c(-c4c(F)cc(C(F)(F)F)cc4C(N)=O)cc4c(Br)[nH]nc34)C2(O)c2cc(F)ccc2Cl)cc1. The second-order valence-electron chi connectivity index (χ2n) is 10.4. The molecular formula is C31H19BrClF5N4O4. The lowest BCUT2D eigenvalue weighted by atomic mass is 9.83. The molecule has 1 aliphatic heterocycles. The Kier molecular flexibility index (Phi) is 7.57. The Labute approximate surface area is 269 Å². The number of aliphatic hydroxyl groups is 1. The fourth-order valence-corrected chi connectivity index (χ4v) is 6.33. The predicted octanol–water partition coefficient (Wildman–Crippen LogP) is 6.90. The van der Waals surface area contributed by atoms with Gasteiger partial charge in [0.15, 0.2) is 5.72 Å². The summed E-state index contributed by atoms with van der Waals surface area (Å²) in [5.74, 6) is -4.19. The Morgan fingerprint density at radius 1 is 1.11 bits per heavy atom. The molecule has 46 heavy (non-hydrogen) atoms. The van der Waals surface area contributed by atoms with E-state index < -0.39 is 63.2 Å². The smallest absolute Gasteiger partial charge is 0.416 e. The molecule has 0 bridgehead atoms. The van der Waals surface area contributed by atoms with Crippen molar-refractivity contribution in [3.05, 3.63) is 115 Å². The number of benzene rings is 4. The third-order valence-electron chi connectivity index (χ3n) is 7.76. The molecule has 6 rings (SSSR count). The van der Waals surface area contributed by atoms with Crippen LogP contribution in [0.1, 0.15) is 43.0 Å². The number of ether oxygens (including phenoxy) is 1. The number of H-pyrrole nitrogens is 1. The minimum atomic E-state index is -5.05. The number of primary amides is 1. The summed E-state index contributed by atoms with van der Waals surface area (Å²) in [7, 11) is 1.45. The fourth-order valence-electron chi connectivity index (χ4n) is 5.69. The molecule has 4 N–H and O–H groups in total. The molecule has 236 valence electrons. The molecule has 1 aromatic heterocycles. The Morgan fingerprint density at radius 3 is 2.43 bits per heavy atom. The molecule has 1 unspecified atom stereocenters. The molecule has 5 aromatic rings. The number of halogens is 7. The standard InChI is InChI=1S/C31H19BrClF5N4O4/c1-46-16-5-2-13(3-6-16)12-42-29(44)24-25(30(42,45)20-10-15(34)4-7-21(20)33)17(11-19-26(24)40-41-27(19)32)23-18(28(39)43)8-14(9-22(23)35)31(36,37)38/h2-11,45H,12H2,1H3,(H2,39,43)(H,40,41). The Bertz CT molecular complexity index is 2090. The minimum absolute atomic E-state index is 0.0215. The van der Waals surface area contributed by atoms with Gasteiger partial charge in [0.2, 0.25) is 5.91 Å². The lowest BCUT2D eigenvalue weighted by molar-refractivity contribution is -0.137. The maximum atomic E-state index is 16.0. The first-order chi connectivity index (χ1) is 21.7. The van der Waals surface area contributed by atoms with Gasteiger partial charge in [-0.25, -0.2) is 8.78 Å². The third-order valence-corrected chi connectivity index (χ3v) is 8.69. The van der Waals surface area contributed by atoms with Gasteiger partial charge in [0.05, 0.1) is 23.8 Å². The van der Waals surface area contributed by atoms with Gasteiger partial charge in [-0.15, -0.1) is 0 Å². The quantitative estimate of drug-likeness (QED) is 0.165.